The Kier molecular flexibility index (Phi) is 13.8. The Morgan fingerprint density at radius 3 is 0.819 bits per heavy atom. The molecule has 0 fully saturated rings. The largest absolute Gasteiger partial charge is 0.417 e. The van der Waals surface area contributed by atoms with Crippen LogP contribution < -0.4 is 0 Å². The van der Waals surface area contributed by atoms with E-state index in [2.05, 4.69) is 6.07 Å². The van der Waals surface area contributed by atoms with Crippen molar-refractivity contribution in [1.82, 2.24) is 18.3 Å². The van der Waals surface area contributed by atoms with Crippen LogP contribution in [0, 0.1) is 39.0 Å². The summed E-state index contributed by atoms with van der Waals surface area (Å²) >= 11 is 0. The molecule has 0 saturated carbocycles. The van der Waals surface area contributed by atoms with Crippen LogP contribution in [0.25, 0.3) is 132 Å². The second-order valence-corrected chi connectivity index (χ2v) is 23.8. The maximum Gasteiger partial charge on any atom is 0.417 e. The normalized spacial score (nSPS) is 12.3. The summed E-state index contributed by atoms with van der Waals surface area (Å²) in [6.45, 7) is 7.90. The molecule has 5 nitrogen and oxygen atoms in total. The van der Waals surface area contributed by atoms with Gasteiger partial charge in [-0.2, -0.15) is 44.8 Å². The first kappa shape index (κ1) is 59.0. The molecule has 0 unspecified atom stereocenters. The summed E-state index contributed by atoms with van der Waals surface area (Å²) in [6.07, 6.45) is -14.2. The predicted octanol–water partition coefficient (Wildman–Crippen LogP) is 23.3. The van der Waals surface area contributed by atoms with E-state index in [0.717, 1.165) is 112 Å². The molecule has 0 atom stereocenters. The smallest absolute Gasteiger partial charge is 0.309 e. The summed E-state index contributed by atoms with van der Waals surface area (Å²) in [7, 11) is 0. The predicted molar refractivity (Wildman–Crippen MR) is 360 cm³/mol. The maximum absolute atomic E-state index is 15.0. The molecule has 0 spiro atoms. The lowest BCUT2D eigenvalue weighted by Crippen LogP contribution is -2.13. The molecule has 16 aromatic rings. The van der Waals surface area contributed by atoms with E-state index in [0.29, 0.717) is 44.6 Å². The molecule has 94 heavy (non-hydrogen) atoms. The first-order valence-corrected chi connectivity index (χ1v) is 30.4. The number of benzene rings is 12. The van der Waals surface area contributed by atoms with Gasteiger partial charge in [-0.25, -0.2) is 0 Å². The molecular weight excluding hydrogens is 1200 g/mol. The van der Waals surface area contributed by atoms with E-state index in [1.54, 1.807) is 75.9 Å². The fourth-order valence-corrected chi connectivity index (χ4v) is 14.4. The standard InChI is InChI=1S/C40H26F6N2.C40H26F3N3/c1-23-11-9-19-32-36(23)27-14-4-7-17-30(27)47(32)34-21-25(39(41,42)43)22-35(38(34)26-13-3-6-16-29(26)40(44,45)46)48-31-18-8-5-15-28(31)37-24(2)12-10-20-33(37)48;1-24-11-9-19-33-37(24)28-14-4-7-17-31(28)45(33)35-21-26(23-44)22-36(39(35)27-13-3-6-16-30(27)40(41,42)43)46-32-18-8-5-15-29(32)38-25(2)12-10-20-34(38)46/h3-22H,1-2H3;3-22H,1-2H3. The molecule has 0 amide bonds. The molecule has 4 heterocycles. The molecule has 0 saturated heterocycles. The Bertz CT molecular complexity index is 5560. The zero-order valence-corrected chi connectivity index (χ0v) is 50.7. The minimum absolute atomic E-state index is 0.00749. The molecule has 4 aromatic heterocycles. The van der Waals surface area contributed by atoms with Crippen molar-refractivity contribution in [2.24, 2.45) is 0 Å². The zero-order chi connectivity index (χ0) is 65.3. The van der Waals surface area contributed by atoms with Crippen molar-refractivity contribution >= 4 is 87.2 Å². The zero-order valence-electron chi connectivity index (χ0n) is 50.7. The first-order chi connectivity index (χ1) is 45.2. The molecule has 0 aliphatic heterocycles. The minimum atomic E-state index is -4.81. The van der Waals surface area contributed by atoms with Crippen LogP contribution in [0.4, 0.5) is 39.5 Å². The van der Waals surface area contributed by atoms with Gasteiger partial charge in [-0.15, -0.1) is 0 Å². The Morgan fingerprint density at radius 1 is 0.287 bits per heavy atom. The number of nitriles is 1. The van der Waals surface area contributed by atoms with Crippen molar-refractivity contribution < 1.29 is 39.5 Å². The van der Waals surface area contributed by atoms with Crippen molar-refractivity contribution in [2.75, 3.05) is 0 Å². The van der Waals surface area contributed by atoms with Crippen molar-refractivity contribution in [3.8, 4) is 51.1 Å². The molecule has 0 N–H and O–H groups in total. The summed E-state index contributed by atoms with van der Waals surface area (Å²) in [5, 5.41) is 17.6. The molecule has 14 heteroatoms. The van der Waals surface area contributed by atoms with Crippen LogP contribution >= 0.6 is 0 Å². The lowest BCUT2D eigenvalue weighted by Gasteiger charge is -2.24. The number of fused-ring (bicyclic) bond motifs is 12. The average Bonchev–Trinajstić information content (AvgIpc) is 1.29. The number of nitrogens with zero attached hydrogens (tertiary/aromatic N) is 5. The van der Waals surface area contributed by atoms with Crippen LogP contribution in [0.5, 0.6) is 0 Å². The van der Waals surface area contributed by atoms with E-state index in [4.69, 9.17) is 0 Å². The highest BCUT2D eigenvalue weighted by Gasteiger charge is 2.39. The average molecular weight is 1250 g/mol. The topological polar surface area (TPSA) is 43.5 Å². The third-order valence-corrected chi connectivity index (χ3v) is 18.2. The van der Waals surface area contributed by atoms with Crippen molar-refractivity contribution in [1.29, 1.82) is 5.26 Å². The number of para-hydroxylation sites is 4. The van der Waals surface area contributed by atoms with Crippen LogP contribution in [-0.4, -0.2) is 18.3 Å². The Balaban J connectivity index is 0.000000155. The van der Waals surface area contributed by atoms with Gasteiger partial charge >= 0.3 is 18.5 Å². The number of aryl methyl sites for hydroxylation is 4. The van der Waals surface area contributed by atoms with Gasteiger partial charge in [-0.05, 0) is 146 Å². The summed E-state index contributed by atoms with van der Waals surface area (Å²) < 4.78 is 142. The van der Waals surface area contributed by atoms with Gasteiger partial charge in [0.15, 0.2) is 0 Å². The quantitative estimate of drug-likeness (QED) is 0.153. The number of aromatic nitrogens is 4. The fourth-order valence-electron chi connectivity index (χ4n) is 14.4. The van der Waals surface area contributed by atoms with E-state index >= 15 is 13.2 Å². The SMILES string of the molecule is Cc1cccc2c1c1ccccc1n2-c1cc(C#N)cc(-n2c3ccccc3c3c(C)cccc32)c1-c1ccccc1C(F)(F)F.Cc1cccc2c1c1ccccc1n2-c1cc(C(F)(F)F)cc(-n2c3ccccc3c3c(C)cccc32)c1-c1ccccc1C(F)(F)F. The highest BCUT2D eigenvalue weighted by Crippen LogP contribution is 2.51. The lowest BCUT2D eigenvalue weighted by atomic mass is 9.93. The third-order valence-electron chi connectivity index (χ3n) is 18.2. The number of hydrogen-bond donors (Lipinski definition) is 0. The van der Waals surface area contributed by atoms with Crippen LogP contribution in [0.3, 0.4) is 0 Å². The van der Waals surface area contributed by atoms with Crippen molar-refractivity contribution in [3.63, 3.8) is 0 Å². The van der Waals surface area contributed by atoms with Gasteiger partial charge in [0.1, 0.15) is 0 Å². The van der Waals surface area contributed by atoms with Gasteiger partial charge in [-0.3, -0.25) is 0 Å². The maximum atomic E-state index is 15.0. The molecule has 0 radical (unpaired) electrons. The van der Waals surface area contributed by atoms with Crippen molar-refractivity contribution in [3.05, 3.63) is 287 Å². The van der Waals surface area contributed by atoms with Crippen LogP contribution in [0.1, 0.15) is 44.5 Å². The summed E-state index contributed by atoms with van der Waals surface area (Å²) in [5.41, 5.74) is 8.54. The van der Waals surface area contributed by atoms with E-state index in [1.807, 2.05) is 158 Å². The summed E-state index contributed by atoms with van der Waals surface area (Å²) in [6, 6.07) is 72.0. The highest BCUT2D eigenvalue weighted by molar-refractivity contribution is 6.16. The third kappa shape index (κ3) is 9.31. The molecule has 0 aliphatic carbocycles. The minimum Gasteiger partial charge on any atom is -0.309 e. The highest BCUT2D eigenvalue weighted by atomic mass is 19.4. The van der Waals surface area contributed by atoms with Crippen LogP contribution in [-0.2, 0) is 18.5 Å². The number of hydrogen-bond acceptors (Lipinski definition) is 1. The van der Waals surface area contributed by atoms with Gasteiger partial charge in [0.2, 0.25) is 0 Å². The van der Waals surface area contributed by atoms with E-state index < -0.39 is 35.2 Å². The molecule has 0 aliphatic rings. The lowest BCUT2D eigenvalue weighted by molar-refractivity contribution is -0.138. The number of alkyl halides is 9. The second kappa shape index (κ2) is 21.9. The second-order valence-electron chi connectivity index (χ2n) is 23.8. The summed E-state index contributed by atoms with van der Waals surface area (Å²) in [5.74, 6) is 0. The van der Waals surface area contributed by atoms with Crippen LogP contribution in [0.2, 0.25) is 0 Å². The Labute approximate surface area is 532 Å². The van der Waals surface area contributed by atoms with E-state index in [1.165, 1.54) is 30.3 Å². The molecule has 0 bridgehead atoms. The number of rotatable bonds is 6. The first-order valence-electron chi connectivity index (χ1n) is 30.4. The van der Waals surface area contributed by atoms with Crippen LogP contribution in [0.15, 0.2) is 243 Å². The fraction of sp³-hybridized carbons (Fsp3) is 0.0875. The van der Waals surface area contributed by atoms with Gasteiger partial charge in [0.05, 0.1) is 95.2 Å². The molecule has 460 valence electrons. The Hall–Kier alpha value is -11.3. The Morgan fingerprint density at radius 2 is 0.543 bits per heavy atom. The van der Waals surface area contributed by atoms with E-state index in [9.17, 15) is 31.6 Å². The van der Waals surface area contributed by atoms with Gasteiger partial charge in [0.25, 0.3) is 0 Å². The van der Waals surface area contributed by atoms with Gasteiger partial charge in [-0.1, -0.05) is 158 Å². The molecule has 12 aromatic carbocycles. The summed E-state index contributed by atoms with van der Waals surface area (Å²) in [4.78, 5) is 0. The molecule has 16 rings (SSSR count). The van der Waals surface area contributed by atoms with Crippen molar-refractivity contribution in [2.45, 2.75) is 46.2 Å². The monoisotopic (exact) mass is 1250 g/mol. The van der Waals surface area contributed by atoms with Gasteiger partial charge < -0.3 is 18.3 Å². The van der Waals surface area contributed by atoms with E-state index in [-0.39, 0.29) is 28.1 Å². The molecular formula is C80H52F9N5. The number of halogens is 9. The van der Waals surface area contributed by atoms with Gasteiger partial charge in [0, 0.05) is 54.2 Å².